The highest BCUT2D eigenvalue weighted by Crippen LogP contribution is 2.30. The van der Waals surface area contributed by atoms with E-state index in [-0.39, 0.29) is 6.10 Å². The zero-order valence-electron chi connectivity index (χ0n) is 11.8. The summed E-state index contributed by atoms with van der Waals surface area (Å²) in [7, 11) is 0. The van der Waals surface area contributed by atoms with Crippen LogP contribution in [0.2, 0.25) is 0 Å². The van der Waals surface area contributed by atoms with Crippen molar-refractivity contribution in [2.75, 3.05) is 0 Å². The van der Waals surface area contributed by atoms with Gasteiger partial charge in [-0.2, -0.15) is 4.98 Å². The van der Waals surface area contributed by atoms with Crippen LogP contribution in [0.1, 0.15) is 37.8 Å². The number of aromatic nitrogens is 2. The van der Waals surface area contributed by atoms with Gasteiger partial charge in [-0.1, -0.05) is 48.4 Å². The van der Waals surface area contributed by atoms with Crippen LogP contribution in [-0.2, 0) is 4.84 Å². The van der Waals surface area contributed by atoms with Crippen LogP contribution in [0.5, 0.6) is 0 Å². The second-order valence-electron chi connectivity index (χ2n) is 5.31. The Labute approximate surface area is 117 Å². The van der Waals surface area contributed by atoms with E-state index in [4.69, 9.17) is 9.36 Å². The second kappa shape index (κ2) is 5.07. The van der Waals surface area contributed by atoms with E-state index in [0.717, 1.165) is 16.8 Å². The van der Waals surface area contributed by atoms with E-state index in [1.807, 2.05) is 31.2 Å². The standard InChI is InChI=1S/C15H17N3O2/c1-9(2)12-8-13(19-17-12)15-16-14(18-20-15)11-7-5-4-6-10(11)3/h4-7,9,13H,8H2,1-3H3. The summed E-state index contributed by atoms with van der Waals surface area (Å²) in [5.74, 6) is 1.46. The predicted octanol–water partition coefficient (Wildman–Crippen LogP) is 3.52. The smallest absolute Gasteiger partial charge is 0.271 e. The van der Waals surface area contributed by atoms with Gasteiger partial charge in [-0.25, -0.2) is 0 Å². The second-order valence-corrected chi connectivity index (χ2v) is 5.31. The van der Waals surface area contributed by atoms with Gasteiger partial charge in [0.15, 0.2) is 0 Å². The normalized spacial score (nSPS) is 18.2. The summed E-state index contributed by atoms with van der Waals surface area (Å²) >= 11 is 0. The van der Waals surface area contributed by atoms with Crippen LogP contribution in [0.15, 0.2) is 33.9 Å². The van der Waals surface area contributed by atoms with Crippen LogP contribution >= 0.6 is 0 Å². The highest BCUT2D eigenvalue weighted by Gasteiger charge is 2.29. The first-order chi connectivity index (χ1) is 9.65. The molecule has 0 bridgehead atoms. The maximum absolute atomic E-state index is 5.38. The minimum atomic E-state index is -0.252. The lowest BCUT2D eigenvalue weighted by Crippen LogP contribution is -2.06. The van der Waals surface area contributed by atoms with E-state index < -0.39 is 0 Å². The molecule has 0 N–H and O–H groups in total. The average molecular weight is 271 g/mol. The molecule has 0 spiro atoms. The third-order valence-electron chi connectivity index (χ3n) is 3.46. The molecule has 20 heavy (non-hydrogen) atoms. The van der Waals surface area contributed by atoms with Crippen molar-refractivity contribution in [1.29, 1.82) is 0 Å². The molecule has 1 unspecified atom stereocenters. The van der Waals surface area contributed by atoms with Crippen LogP contribution in [0.3, 0.4) is 0 Å². The highest BCUT2D eigenvalue weighted by molar-refractivity contribution is 5.87. The van der Waals surface area contributed by atoms with Gasteiger partial charge in [-0.05, 0) is 18.4 Å². The summed E-state index contributed by atoms with van der Waals surface area (Å²) in [5, 5.41) is 8.13. The van der Waals surface area contributed by atoms with Gasteiger partial charge < -0.3 is 9.36 Å². The minimum absolute atomic E-state index is 0.252. The molecule has 0 aliphatic carbocycles. The SMILES string of the molecule is Cc1ccccc1-c1noc(C2CC(C(C)C)=NO2)n1. The third kappa shape index (κ3) is 2.31. The first-order valence-electron chi connectivity index (χ1n) is 6.77. The summed E-state index contributed by atoms with van der Waals surface area (Å²) in [5.41, 5.74) is 3.13. The van der Waals surface area contributed by atoms with Crippen molar-refractivity contribution in [3.63, 3.8) is 0 Å². The predicted molar refractivity (Wildman–Crippen MR) is 75.2 cm³/mol. The number of nitrogens with zero attached hydrogens (tertiary/aromatic N) is 3. The number of rotatable bonds is 3. The molecule has 1 aliphatic heterocycles. The van der Waals surface area contributed by atoms with Crippen molar-refractivity contribution >= 4 is 5.71 Å². The Morgan fingerprint density at radius 2 is 2.05 bits per heavy atom. The van der Waals surface area contributed by atoms with Crippen molar-refractivity contribution in [3.05, 3.63) is 35.7 Å². The molecule has 0 radical (unpaired) electrons. The Hall–Kier alpha value is -2.17. The molecule has 0 fully saturated rings. The topological polar surface area (TPSA) is 60.5 Å². The zero-order valence-corrected chi connectivity index (χ0v) is 11.8. The third-order valence-corrected chi connectivity index (χ3v) is 3.46. The molecular formula is C15H17N3O2. The number of hydrogen-bond acceptors (Lipinski definition) is 5. The lowest BCUT2D eigenvalue weighted by Gasteiger charge is -2.02. The van der Waals surface area contributed by atoms with Crippen molar-refractivity contribution < 1.29 is 9.36 Å². The largest absolute Gasteiger partial charge is 0.382 e. The van der Waals surface area contributed by atoms with Gasteiger partial charge in [-0.15, -0.1) is 0 Å². The summed E-state index contributed by atoms with van der Waals surface area (Å²) in [4.78, 5) is 9.83. The zero-order chi connectivity index (χ0) is 14.1. The van der Waals surface area contributed by atoms with E-state index in [1.54, 1.807) is 0 Å². The molecule has 1 atom stereocenters. The monoisotopic (exact) mass is 271 g/mol. The van der Waals surface area contributed by atoms with Gasteiger partial charge in [0.05, 0.1) is 5.71 Å². The molecule has 2 heterocycles. The molecule has 0 saturated heterocycles. The summed E-state index contributed by atoms with van der Waals surface area (Å²) in [6, 6.07) is 7.96. The van der Waals surface area contributed by atoms with Gasteiger partial charge in [0.1, 0.15) is 0 Å². The number of oxime groups is 1. The Morgan fingerprint density at radius 1 is 1.25 bits per heavy atom. The van der Waals surface area contributed by atoms with Crippen LogP contribution < -0.4 is 0 Å². The number of hydrogen-bond donors (Lipinski definition) is 0. The van der Waals surface area contributed by atoms with Gasteiger partial charge >= 0.3 is 0 Å². The van der Waals surface area contributed by atoms with Gasteiger partial charge in [-0.3, -0.25) is 0 Å². The molecular weight excluding hydrogens is 254 g/mol. The van der Waals surface area contributed by atoms with E-state index >= 15 is 0 Å². The molecule has 5 nitrogen and oxygen atoms in total. The minimum Gasteiger partial charge on any atom is -0.382 e. The van der Waals surface area contributed by atoms with E-state index in [9.17, 15) is 0 Å². The molecule has 104 valence electrons. The summed E-state index contributed by atoms with van der Waals surface area (Å²) in [6.07, 6.45) is 0.463. The first kappa shape index (κ1) is 12.8. The fourth-order valence-corrected chi connectivity index (χ4v) is 2.17. The molecule has 0 saturated carbocycles. The maximum Gasteiger partial charge on any atom is 0.271 e. The molecule has 1 aliphatic rings. The average Bonchev–Trinajstić information content (AvgIpc) is 3.08. The number of benzene rings is 1. The molecule has 3 rings (SSSR count). The first-order valence-corrected chi connectivity index (χ1v) is 6.77. The fourth-order valence-electron chi connectivity index (χ4n) is 2.17. The van der Waals surface area contributed by atoms with Crippen LogP contribution in [0, 0.1) is 12.8 Å². The van der Waals surface area contributed by atoms with Gasteiger partial charge in [0.25, 0.3) is 5.89 Å². The van der Waals surface area contributed by atoms with Crippen molar-refractivity contribution in [2.24, 2.45) is 11.1 Å². The Balaban J connectivity index is 1.81. The van der Waals surface area contributed by atoms with Crippen LogP contribution in [0.25, 0.3) is 11.4 Å². The molecule has 2 aromatic rings. The van der Waals surface area contributed by atoms with Gasteiger partial charge in [0, 0.05) is 12.0 Å². The summed E-state index contributed by atoms with van der Waals surface area (Å²) < 4.78 is 5.33. The maximum atomic E-state index is 5.38. The van der Waals surface area contributed by atoms with Crippen LogP contribution in [-0.4, -0.2) is 15.9 Å². The van der Waals surface area contributed by atoms with Crippen LogP contribution in [0.4, 0.5) is 0 Å². The summed E-state index contributed by atoms with van der Waals surface area (Å²) in [6.45, 7) is 6.21. The van der Waals surface area contributed by atoms with E-state index in [0.29, 0.717) is 24.1 Å². The van der Waals surface area contributed by atoms with E-state index in [1.165, 1.54) is 0 Å². The van der Waals surface area contributed by atoms with Crippen molar-refractivity contribution in [2.45, 2.75) is 33.3 Å². The van der Waals surface area contributed by atoms with Gasteiger partial charge in [0.2, 0.25) is 11.9 Å². The molecule has 0 amide bonds. The van der Waals surface area contributed by atoms with Crippen molar-refractivity contribution in [1.82, 2.24) is 10.1 Å². The lowest BCUT2D eigenvalue weighted by molar-refractivity contribution is 0.0599. The van der Waals surface area contributed by atoms with E-state index in [2.05, 4.69) is 29.1 Å². The molecule has 1 aromatic heterocycles. The Morgan fingerprint density at radius 3 is 2.75 bits per heavy atom. The fraction of sp³-hybridized carbons (Fsp3) is 0.400. The molecule has 1 aromatic carbocycles. The Kier molecular flexibility index (Phi) is 3.26. The molecule has 5 heteroatoms. The quantitative estimate of drug-likeness (QED) is 0.857. The Bertz CT molecular complexity index is 646. The number of aryl methyl sites for hydroxylation is 1. The highest BCUT2D eigenvalue weighted by atomic mass is 16.7. The van der Waals surface area contributed by atoms with Crippen molar-refractivity contribution in [3.8, 4) is 11.4 Å². The lowest BCUT2D eigenvalue weighted by atomic mass is 10.0.